The average molecular weight is 224 g/mol. The molecule has 4 heteroatoms. The predicted octanol–water partition coefficient (Wildman–Crippen LogP) is 1.50. The smallest absolute Gasteiger partial charge is 0.410 e. The molecule has 16 heavy (non-hydrogen) atoms. The summed E-state index contributed by atoms with van der Waals surface area (Å²) in [4.78, 5) is 13.6. The van der Waals surface area contributed by atoms with E-state index in [1.165, 1.54) is 12.8 Å². The monoisotopic (exact) mass is 224 g/mol. The summed E-state index contributed by atoms with van der Waals surface area (Å²) in [5, 5.41) is 3.60. The molecule has 0 aromatic heterocycles. The Hall–Kier alpha value is -0.770. The number of fused-ring (bicyclic) bond motifs is 2. The van der Waals surface area contributed by atoms with E-state index in [1.54, 1.807) is 4.90 Å². The Bertz CT molecular complexity index is 293. The van der Waals surface area contributed by atoms with Crippen molar-refractivity contribution in [1.82, 2.24) is 10.2 Å². The molecule has 1 N–H and O–H groups in total. The number of hydrogen-bond donors (Lipinski definition) is 1. The van der Waals surface area contributed by atoms with Crippen LogP contribution in [0.4, 0.5) is 4.79 Å². The Balaban J connectivity index is 1.73. The van der Waals surface area contributed by atoms with Gasteiger partial charge in [-0.15, -0.1) is 0 Å². The number of rotatable bonds is 1. The first-order chi connectivity index (χ1) is 7.71. The van der Waals surface area contributed by atoms with Crippen molar-refractivity contribution in [3.8, 4) is 0 Å². The van der Waals surface area contributed by atoms with E-state index in [0.717, 1.165) is 32.4 Å². The molecule has 90 valence electrons. The lowest BCUT2D eigenvalue weighted by Gasteiger charge is -2.45. The summed E-state index contributed by atoms with van der Waals surface area (Å²) >= 11 is 0. The zero-order valence-electron chi connectivity index (χ0n) is 9.87. The molecular formula is C12H20N2O2. The number of carbonyl (C=O) groups excluding carboxylic acids is 1. The van der Waals surface area contributed by atoms with Crippen LogP contribution < -0.4 is 5.32 Å². The van der Waals surface area contributed by atoms with Gasteiger partial charge in [0.25, 0.3) is 0 Å². The quantitative estimate of drug-likeness (QED) is 0.734. The summed E-state index contributed by atoms with van der Waals surface area (Å²) in [5.74, 6) is 0. The lowest BCUT2D eigenvalue weighted by Crippen LogP contribution is -2.56. The summed E-state index contributed by atoms with van der Waals surface area (Å²) in [6.45, 7) is 3.64. The van der Waals surface area contributed by atoms with Crippen molar-refractivity contribution in [2.75, 3.05) is 13.1 Å². The number of piperidine rings is 1. The average Bonchev–Trinajstić information content (AvgIpc) is 2.59. The SMILES string of the molecule is CCN1CCC2(CC3CCC(C2)N3)OC1=O. The first-order valence-electron chi connectivity index (χ1n) is 6.45. The second kappa shape index (κ2) is 3.62. The molecule has 1 spiro atoms. The van der Waals surface area contributed by atoms with E-state index < -0.39 is 0 Å². The van der Waals surface area contributed by atoms with Gasteiger partial charge >= 0.3 is 6.09 Å². The molecule has 3 rings (SSSR count). The molecule has 2 atom stereocenters. The maximum Gasteiger partial charge on any atom is 0.410 e. The number of nitrogens with zero attached hydrogens (tertiary/aromatic N) is 1. The number of hydrogen-bond acceptors (Lipinski definition) is 3. The first kappa shape index (κ1) is 10.4. The highest BCUT2D eigenvalue weighted by atomic mass is 16.6. The summed E-state index contributed by atoms with van der Waals surface area (Å²) < 4.78 is 5.75. The lowest BCUT2D eigenvalue weighted by atomic mass is 9.83. The van der Waals surface area contributed by atoms with Crippen LogP contribution in [0.15, 0.2) is 0 Å². The summed E-state index contributed by atoms with van der Waals surface area (Å²) in [5.41, 5.74) is -0.139. The van der Waals surface area contributed by atoms with Crippen molar-refractivity contribution in [2.45, 2.75) is 56.7 Å². The normalized spacial score (nSPS) is 42.6. The van der Waals surface area contributed by atoms with Gasteiger partial charge in [-0.3, -0.25) is 0 Å². The summed E-state index contributed by atoms with van der Waals surface area (Å²) in [6.07, 6.45) is 5.46. The van der Waals surface area contributed by atoms with Crippen LogP contribution in [-0.4, -0.2) is 41.8 Å². The van der Waals surface area contributed by atoms with Crippen molar-refractivity contribution in [3.63, 3.8) is 0 Å². The molecule has 0 saturated carbocycles. The van der Waals surface area contributed by atoms with Crippen LogP contribution in [0.3, 0.4) is 0 Å². The summed E-state index contributed by atoms with van der Waals surface area (Å²) in [7, 11) is 0. The summed E-state index contributed by atoms with van der Waals surface area (Å²) in [6, 6.07) is 1.17. The molecule has 0 aromatic carbocycles. The van der Waals surface area contributed by atoms with Gasteiger partial charge < -0.3 is 15.0 Å². The van der Waals surface area contributed by atoms with Crippen molar-refractivity contribution in [3.05, 3.63) is 0 Å². The van der Waals surface area contributed by atoms with Gasteiger partial charge in [-0.05, 0) is 19.8 Å². The molecule has 3 saturated heterocycles. The predicted molar refractivity (Wildman–Crippen MR) is 60.3 cm³/mol. The van der Waals surface area contributed by atoms with Gasteiger partial charge in [-0.25, -0.2) is 4.79 Å². The Morgan fingerprint density at radius 3 is 2.69 bits per heavy atom. The molecule has 1 amide bonds. The molecule has 3 heterocycles. The van der Waals surface area contributed by atoms with Crippen LogP contribution in [0, 0.1) is 0 Å². The maximum absolute atomic E-state index is 11.8. The highest BCUT2D eigenvalue weighted by Crippen LogP contribution is 2.40. The Morgan fingerprint density at radius 2 is 2.12 bits per heavy atom. The van der Waals surface area contributed by atoms with E-state index in [9.17, 15) is 4.79 Å². The molecule has 0 aromatic rings. The van der Waals surface area contributed by atoms with Crippen molar-refractivity contribution in [1.29, 1.82) is 0 Å². The van der Waals surface area contributed by atoms with E-state index in [0.29, 0.717) is 12.1 Å². The van der Waals surface area contributed by atoms with Crippen molar-refractivity contribution < 1.29 is 9.53 Å². The second-order valence-electron chi connectivity index (χ2n) is 5.43. The van der Waals surface area contributed by atoms with E-state index in [1.807, 2.05) is 6.92 Å². The minimum atomic E-state index is -0.139. The van der Waals surface area contributed by atoms with Gasteiger partial charge in [-0.2, -0.15) is 0 Å². The van der Waals surface area contributed by atoms with E-state index in [-0.39, 0.29) is 11.7 Å². The number of amides is 1. The maximum atomic E-state index is 11.8. The zero-order chi connectivity index (χ0) is 11.2. The van der Waals surface area contributed by atoms with Gasteiger partial charge in [0.05, 0.1) is 0 Å². The highest BCUT2D eigenvalue weighted by Gasteiger charge is 2.48. The van der Waals surface area contributed by atoms with Crippen LogP contribution in [-0.2, 0) is 4.74 Å². The van der Waals surface area contributed by atoms with Crippen LogP contribution >= 0.6 is 0 Å². The molecule has 4 nitrogen and oxygen atoms in total. The van der Waals surface area contributed by atoms with Crippen molar-refractivity contribution in [2.24, 2.45) is 0 Å². The molecular weight excluding hydrogens is 204 g/mol. The van der Waals surface area contributed by atoms with E-state index in [2.05, 4.69) is 5.32 Å². The second-order valence-corrected chi connectivity index (χ2v) is 5.43. The number of nitrogens with one attached hydrogen (secondary N) is 1. The fourth-order valence-electron chi connectivity index (χ4n) is 3.51. The first-order valence-corrected chi connectivity index (χ1v) is 6.45. The lowest BCUT2D eigenvalue weighted by molar-refractivity contribution is -0.0733. The third kappa shape index (κ3) is 1.59. The number of ether oxygens (including phenoxy) is 1. The minimum Gasteiger partial charge on any atom is -0.443 e. The molecule has 0 radical (unpaired) electrons. The topological polar surface area (TPSA) is 41.6 Å². The van der Waals surface area contributed by atoms with Gasteiger partial charge in [0.15, 0.2) is 0 Å². The van der Waals surface area contributed by atoms with Crippen molar-refractivity contribution >= 4 is 6.09 Å². The molecule has 3 aliphatic rings. The van der Waals surface area contributed by atoms with Crippen LogP contribution in [0.25, 0.3) is 0 Å². The standard InChI is InChI=1S/C12H20N2O2/c1-2-14-6-5-12(16-11(14)15)7-9-3-4-10(8-12)13-9/h9-10,13H,2-8H2,1H3. The molecule has 3 fully saturated rings. The fraction of sp³-hybridized carbons (Fsp3) is 0.917. The third-order valence-corrected chi connectivity index (χ3v) is 4.35. The van der Waals surface area contributed by atoms with E-state index in [4.69, 9.17) is 4.74 Å². The van der Waals surface area contributed by atoms with Crippen LogP contribution in [0.1, 0.15) is 39.0 Å². The van der Waals surface area contributed by atoms with Gasteiger partial charge in [0.1, 0.15) is 5.60 Å². The minimum absolute atomic E-state index is 0.102. The molecule has 2 unspecified atom stereocenters. The van der Waals surface area contributed by atoms with E-state index >= 15 is 0 Å². The Labute approximate surface area is 96.3 Å². The van der Waals surface area contributed by atoms with Gasteiger partial charge in [0.2, 0.25) is 0 Å². The largest absolute Gasteiger partial charge is 0.443 e. The number of carbonyl (C=O) groups is 1. The third-order valence-electron chi connectivity index (χ3n) is 4.35. The molecule has 3 aliphatic heterocycles. The zero-order valence-corrected chi connectivity index (χ0v) is 9.87. The fourth-order valence-corrected chi connectivity index (χ4v) is 3.51. The van der Waals surface area contributed by atoms with Gasteiger partial charge in [0, 0.05) is 44.4 Å². The Kier molecular flexibility index (Phi) is 2.35. The highest BCUT2D eigenvalue weighted by molar-refractivity contribution is 5.69. The molecule has 0 aliphatic carbocycles. The molecule has 2 bridgehead atoms. The Morgan fingerprint density at radius 1 is 1.44 bits per heavy atom. The van der Waals surface area contributed by atoms with Crippen LogP contribution in [0.5, 0.6) is 0 Å². The van der Waals surface area contributed by atoms with Crippen LogP contribution in [0.2, 0.25) is 0 Å². The van der Waals surface area contributed by atoms with Gasteiger partial charge in [-0.1, -0.05) is 0 Å².